The number of benzene rings is 1. The van der Waals surface area contributed by atoms with Crippen molar-refractivity contribution in [1.29, 1.82) is 0 Å². The first-order valence-electron chi connectivity index (χ1n) is 4.75. The Labute approximate surface area is 87.5 Å². The molecule has 1 unspecified atom stereocenters. The van der Waals surface area contributed by atoms with Crippen molar-refractivity contribution in [2.24, 2.45) is 0 Å². The van der Waals surface area contributed by atoms with Crippen molar-refractivity contribution in [2.45, 2.75) is 26.1 Å². The highest BCUT2D eigenvalue weighted by Gasteiger charge is 2.11. The summed E-state index contributed by atoms with van der Waals surface area (Å²) in [4.78, 5) is 0. The van der Waals surface area contributed by atoms with Crippen LogP contribution in [0.1, 0.15) is 25.5 Å². The van der Waals surface area contributed by atoms with E-state index in [9.17, 15) is 13.9 Å². The predicted molar refractivity (Wildman–Crippen MR) is 52.4 cm³/mol. The lowest BCUT2D eigenvalue weighted by Gasteiger charge is -2.13. The highest BCUT2D eigenvalue weighted by Crippen LogP contribution is 2.16. The lowest BCUT2D eigenvalue weighted by molar-refractivity contribution is 0.00479. The highest BCUT2D eigenvalue weighted by molar-refractivity contribution is 5.20. The smallest absolute Gasteiger partial charge is 0.159 e. The van der Waals surface area contributed by atoms with Crippen LogP contribution in [0.5, 0.6) is 0 Å². The molecule has 1 N–H and O–H groups in total. The fraction of sp³-hybridized carbons (Fsp3) is 0.455. The molecule has 2 nitrogen and oxygen atoms in total. The minimum atomic E-state index is -0.962. The molecule has 0 aliphatic rings. The molecule has 0 radical (unpaired) electrons. The standard InChI is InChI=1S/C11H14F2O2/c1-7(2)15-6-11(14)8-3-4-9(12)10(13)5-8/h3-5,7,11,14H,6H2,1-2H3. The van der Waals surface area contributed by atoms with Gasteiger partial charge in [-0.25, -0.2) is 8.78 Å². The number of hydrogen-bond acceptors (Lipinski definition) is 2. The Morgan fingerprint density at radius 2 is 1.93 bits per heavy atom. The maximum Gasteiger partial charge on any atom is 0.159 e. The summed E-state index contributed by atoms with van der Waals surface area (Å²) in [5.41, 5.74) is 0.314. The first kappa shape index (κ1) is 12.1. The van der Waals surface area contributed by atoms with Crippen molar-refractivity contribution in [3.8, 4) is 0 Å². The van der Waals surface area contributed by atoms with Crippen LogP contribution < -0.4 is 0 Å². The van der Waals surface area contributed by atoms with Gasteiger partial charge in [0.05, 0.1) is 12.7 Å². The molecule has 0 aliphatic carbocycles. The molecule has 1 aromatic rings. The van der Waals surface area contributed by atoms with Gasteiger partial charge < -0.3 is 9.84 Å². The van der Waals surface area contributed by atoms with E-state index in [0.717, 1.165) is 12.1 Å². The van der Waals surface area contributed by atoms with E-state index in [1.165, 1.54) is 6.07 Å². The highest BCUT2D eigenvalue weighted by atomic mass is 19.2. The zero-order valence-corrected chi connectivity index (χ0v) is 8.71. The summed E-state index contributed by atoms with van der Waals surface area (Å²) in [6.45, 7) is 3.73. The van der Waals surface area contributed by atoms with Gasteiger partial charge in [0.15, 0.2) is 11.6 Å². The van der Waals surface area contributed by atoms with Crippen LogP contribution in [0.15, 0.2) is 18.2 Å². The van der Waals surface area contributed by atoms with Gasteiger partial charge in [-0.1, -0.05) is 6.07 Å². The summed E-state index contributed by atoms with van der Waals surface area (Å²) >= 11 is 0. The van der Waals surface area contributed by atoms with Gasteiger partial charge in [0.25, 0.3) is 0 Å². The molecule has 84 valence electrons. The molecule has 0 fully saturated rings. The first-order chi connectivity index (χ1) is 7.00. The summed E-state index contributed by atoms with van der Waals surface area (Å²) in [5, 5.41) is 9.57. The molecule has 1 aromatic carbocycles. The number of ether oxygens (including phenoxy) is 1. The van der Waals surface area contributed by atoms with Gasteiger partial charge in [-0.3, -0.25) is 0 Å². The summed E-state index contributed by atoms with van der Waals surface area (Å²) < 4.78 is 30.6. The van der Waals surface area contributed by atoms with Crippen LogP contribution in [-0.4, -0.2) is 17.8 Å². The van der Waals surface area contributed by atoms with Gasteiger partial charge in [-0.05, 0) is 31.5 Å². The second-order valence-corrected chi connectivity index (χ2v) is 3.57. The van der Waals surface area contributed by atoms with E-state index in [0.29, 0.717) is 5.56 Å². The van der Waals surface area contributed by atoms with Crippen LogP contribution in [0.3, 0.4) is 0 Å². The Bertz CT molecular complexity index is 326. The van der Waals surface area contributed by atoms with E-state index >= 15 is 0 Å². The molecule has 4 heteroatoms. The van der Waals surface area contributed by atoms with Gasteiger partial charge in [-0.15, -0.1) is 0 Å². The minimum absolute atomic E-state index is 0.00931. The zero-order valence-electron chi connectivity index (χ0n) is 8.71. The maximum absolute atomic E-state index is 12.8. The molecule has 0 saturated carbocycles. The first-order valence-corrected chi connectivity index (χ1v) is 4.75. The third-order valence-electron chi connectivity index (χ3n) is 1.92. The van der Waals surface area contributed by atoms with E-state index in [-0.39, 0.29) is 12.7 Å². The van der Waals surface area contributed by atoms with Gasteiger partial charge in [0.1, 0.15) is 6.10 Å². The molecule has 0 aliphatic heterocycles. The number of rotatable bonds is 4. The Morgan fingerprint density at radius 1 is 1.27 bits per heavy atom. The normalized spacial score (nSPS) is 13.2. The van der Waals surface area contributed by atoms with Crippen LogP contribution in [0.25, 0.3) is 0 Å². The number of hydrogen-bond donors (Lipinski definition) is 1. The van der Waals surface area contributed by atoms with Gasteiger partial charge in [-0.2, -0.15) is 0 Å². The topological polar surface area (TPSA) is 29.5 Å². The third kappa shape index (κ3) is 3.57. The van der Waals surface area contributed by atoms with Crippen molar-refractivity contribution >= 4 is 0 Å². The molecule has 0 saturated heterocycles. The molecule has 0 aromatic heterocycles. The molecule has 0 heterocycles. The fourth-order valence-corrected chi connectivity index (χ4v) is 1.10. The molecule has 15 heavy (non-hydrogen) atoms. The van der Waals surface area contributed by atoms with E-state index in [4.69, 9.17) is 4.74 Å². The molecule has 0 amide bonds. The van der Waals surface area contributed by atoms with Crippen LogP contribution in [0, 0.1) is 11.6 Å². The van der Waals surface area contributed by atoms with Crippen LogP contribution in [0.4, 0.5) is 8.78 Å². The van der Waals surface area contributed by atoms with Crippen molar-refractivity contribution in [3.05, 3.63) is 35.4 Å². The average molecular weight is 216 g/mol. The van der Waals surface area contributed by atoms with Crippen molar-refractivity contribution in [2.75, 3.05) is 6.61 Å². The maximum atomic E-state index is 12.8. The monoisotopic (exact) mass is 216 g/mol. The second-order valence-electron chi connectivity index (χ2n) is 3.57. The van der Waals surface area contributed by atoms with E-state index in [1.807, 2.05) is 13.8 Å². The zero-order chi connectivity index (χ0) is 11.4. The van der Waals surface area contributed by atoms with E-state index in [1.54, 1.807) is 0 Å². The van der Waals surface area contributed by atoms with E-state index in [2.05, 4.69) is 0 Å². The summed E-state index contributed by atoms with van der Waals surface area (Å²) in [6, 6.07) is 3.31. The molecular weight excluding hydrogens is 202 g/mol. The number of aliphatic hydroxyl groups excluding tert-OH is 1. The second kappa shape index (κ2) is 5.19. The lowest BCUT2D eigenvalue weighted by Crippen LogP contribution is -2.12. The number of halogens is 2. The quantitative estimate of drug-likeness (QED) is 0.837. The molecule has 1 atom stereocenters. The van der Waals surface area contributed by atoms with Crippen LogP contribution in [0.2, 0.25) is 0 Å². The predicted octanol–water partition coefficient (Wildman–Crippen LogP) is 2.42. The fourth-order valence-electron chi connectivity index (χ4n) is 1.10. The van der Waals surface area contributed by atoms with Crippen LogP contribution in [-0.2, 0) is 4.74 Å². The Kier molecular flexibility index (Phi) is 4.17. The Morgan fingerprint density at radius 3 is 2.47 bits per heavy atom. The average Bonchev–Trinajstić information content (AvgIpc) is 2.18. The summed E-state index contributed by atoms with van der Waals surface area (Å²) in [5.74, 6) is -1.88. The molecular formula is C11H14F2O2. The van der Waals surface area contributed by atoms with Gasteiger partial charge in [0, 0.05) is 0 Å². The number of aliphatic hydroxyl groups is 1. The third-order valence-corrected chi connectivity index (χ3v) is 1.92. The molecule has 0 bridgehead atoms. The molecule has 0 spiro atoms. The Balaban J connectivity index is 2.65. The largest absolute Gasteiger partial charge is 0.386 e. The SMILES string of the molecule is CC(C)OCC(O)c1ccc(F)c(F)c1. The van der Waals surface area contributed by atoms with Crippen molar-refractivity contribution < 1.29 is 18.6 Å². The lowest BCUT2D eigenvalue weighted by atomic mass is 10.1. The summed E-state index contributed by atoms with van der Waals surface area (Å²) in [7, 11) is 0. The van der Waals surface area contributed by atoms with Crippen molar-refractivity contribution in [1.82, 2.24) is 0 Å². The molecule has 1 rings (SSSR count). The summed E-state index contributed by atoms with van der Waals surface area (Å²) in [6.07, 6.45) is -0.938. The minimum Gasteiger partial charge on any atom is -0.386 e. The van der Waals surface area contributed by atoms with Gasteiger partial charge >= 0.3 is 0 Å². The van der Waals surface area contributed by atoms with E-state index < -0.39 is 17.7 Å². The van der Waals surface area contributed by atoms with Crippen molar-refractivity contribution in [3.63, 3.8) is 0 Å². The van der Waals surface area contributed by atoms with Crippen LogP contribution >= 0.6 is 0 Å². The Hall–Kier alpha value is -1.00. The van der Waals surface area contributed by atoms with Gasteiger partial charge in [0.2, 0.25) is 0 Å².